The number of benzene rings is 1. The Morgan fingerprint density at radius 3 is 2.62 bits per heavy atom. The molecule has 3 heteroatoms. The lowest BCUT2D eigenvalue weighted by Crippen LogP contribution is -2.33. The summed E-state index contributed by atoms with van der Waals surface area (Å²) >= 11 is 3.57. The lowest BCUT2D eigenvalue weighted by atomic mass is 9.67. The van der Waals surface area contributed by atoms with Crippen molar-refractivity contribution in [2.75, 3.05) is 12.4 Å². The molecule has 1 aliphatic rings. The van der Waals surface area contributed by atoms with Crippen LogP contribution < -0.4 is 4.74 Å². The highest BCUT2D eigenvalue weighted by atomic mass is 79.9. The molecule has 1 aromatic rings. The molecular formula is C13H16BrFO. The summed E-state index contributed by atoms with van der Waals surface area (Å²) in [4.78, 5) is 0. The first kappa shape index (κ1) is 11.9. The molecule has 0 aromatic heterocycles. The van der Waals surface area contributed by atoms with Crippen LogP contribution in [-0.2, 0) is 6.42 Å². The van der Waals surface area contributed by atoms with E-state index in [4.69, 9.17) is 4.74 Å². The molecule has 1 aliphatic carbocycles. The van der Waals surface area contributed by atoms with Gasteiger partial charge in [0.15, 0.2) is 11.6 Å². The molecule has 0 amide bonds. The first-order valence-corrected chi connectivity index (χ1v) is 6.70. The molecule has 1 saturated carbocycles. The van der Waals surface area contributed by atoms with Gasteiger partial charge in [0.1, 0.15) is 0 Å². The number of ether oxygens (including phenoxy) is 1. The molecular weight excluding hydrogens is 271 g/mol. The molecule has 0 heterocycles. The lowest BCUT2D eigenvalue weighted by Gasteiger charge is -2.40. The van der Waals surface area contributed by atoms with Crippen molar-refractivity contribution in [3.05, 3.63) is 29.6 Å². The van der Waals surface area contributed by atoms with Gasteiger partial charge in [0.05, 0.1) is 7.11 Å². The van der Waals surface area contributed by atoms with E-state index in [1.54, 1.807) is 12.1 Å². The molecule has 2 rings (SSSR count). The topological polar surface area (TPSA) is 9.23 Å². The number of methoxy groups -OCH3 is 1. The Morgan fingerprint density at radius 1 is 1.44 bits per heavy atom. The highest BCUT2D eigenvalue weighted by Crippen LogP contribution is 2.45. The summed E-state index contributed by atoms with van der Waals surface area (Å²) in [6.07, 6.45) is 4.74. The van der Waals surface area contributed by atoms with Crippen LogP contribution in [0.15, 0.2) is 18.2 Å². The summed E-state index contributed by atoms with van der Waals surface area (Å²) in [5, 5.41) is 1.01. The average molecular weight is 287 g/mol. The highest BCUT2D eigenvalue weighted by Gasteiger charge is 2.35. The maximum Gasteiger partial charge on any atom is 0.165 e. The number of alkyl halides is 1. The smallest absolute Gasteiger partial charge is 0.165 e. The van der Waals surface area contributed by atoms with Crippen molar-refractivity contribution in [3.8, 4) is 5.75 Å². The summed E-state index contributed by atoms with van der Waals surface area (Å²) in [6, 6.07) is 5.28. The zero-order chi connectivity index (χ0) is 11.6. The van der Waals surface area contributed by atoms with Crippen LogP contribution in [-0.4, -0.2) is 12.4 Å². The molecule has 0 atom stereocenters. The van der Waals surface area contributed by atoms with E-state index in [0.29, 0.717) is 11.2 Å². The van der Waals surface area contributed by atoms with Gasteiger partial charge in [0.2, 0.25) is 0 Å². The normalized spacial score (nSPS) is 17.9. The van der Waals surface area contributed by atoms with Crippen LogP contribution in [0.2, 0.25) is 0 Å². The quantitative estimate of drug-likeness (QED) is 0.762. The van der Waals surface area contributed by atoms with Gasteiger partial charge in [-0.1, -0.05) is 28.4 Å². The van der Waals surface area contributed by atoms with Gasteiger partial charge in [-0.25, -0.2) is 4.39 Å². The first-order chi connectivity index (χ1) is 7.69. The highest BCUT2D eigenvalue weighted by molar-refractivity contribution is 9.09. The van der Waals surface area contributed by atoms with Crippen molar-refractivity contribution in [3.63, 3.8) is 0 Å². The van der Waals surface area contributed by atoms with E-state index in [2.05, 4.69) is 15.9 Å². The van der Waals surface area contributed by atoms with Crippen molar-refractivity contribution in [2.24, 2.45) is 5.41 Å². The third-order valence-corrected chi connectivity index (χ3v) is 4.68. The van der Waals surface area contributed by atoms with E-state index in [0.717, 1.165) is 17.3 Å². The zero-order valence-electron chi connectivity index (χ0n) is 9.43. The Hall–Kier alpha value is -0.570. The van der Waals surface area contributed by atoms with Gasteiger partial charge in [0, 0.05) is 5.33 Å². The third-order valence-electron chi connectivity index (χ3n) is 3.49. The van der Waals surface area contributed by atoms with Crippen LogP contribution in [0.1, 0.15) is 24.8 Å². The second-order valence-corrected chi connectivity index (χ2v) is 5.19. The van der Waals surface area contributed by atoms with Crippen molar-refractivity contribution < 1.29 is 9.13 Å². The zero-order valence-corrected chi connectivity index (χ0v) is 11.0. The van der Waals surface area contributed by atoms with Crippen molar-refractivity contribution >= 4 is 15.9 Å². The minimum absolute atomic E-state index is 0.260. The molecule has 1 nitrogen and oxygen atoms in total. The molecule has 0 bridgehead atoms. The molecule has 0 unspecified atom stereocenters. The van der Waals surface area contributed by atoms with E-state index in [-0.39, 0.29) is 5.82 Å². The van der Waals surface area contributed by atoms with E-state index in [1.165, 1.54) is 26.4 Å². The fourth-order valence-corrected chi connectivity index (χ4v) is 3.05. The van der Waals surface area contributed by atoms with Crippen LogP contribution in [0.4, 0.5) is 4.39 Å². The fraction of sp³-hybridized carbons (Fsp3) is 0.538. The fourth-order valence-electron chi connectivity index (χ4n) is 2.29. The van der Waals surface area contributed by atoms with Crippen LogP contribution in [0.3, 0.4) is 0 Å². The first-order valence-electron chi connectivity index (χ1n) is 5.57. The van der Waals surface area contributed by atoms with Gasteiger partial charge in [0.25, 0.3) is 0 Å². The van der Waals surface area contributed by atoms with E-state index in [1.807, 2.05) is 6.07 Å². The Kier molecular flexibility index (Phi) is 3.53. The van der Waals surface area contributed by atoms with E-state index in [9.17, 15) is 4.39 Å². The van der Waals surface area contributed by atoms with Crippen LogP contribution in [0, 0.1) is 11.2 Å². The van der Waals surface area contributed by atoms with Crippen LogP contribution >= 0.6 is 15.9 Å². The Bertz CT molecular complexity index is 369. The minimum atomic E-state index is -0.260. The van der Waals surface area contributed by atoms with Gasteiger partial charge in [-0.3, -0.25) is 0 Å². The van der Waals surface area contributed by atoms with Crippen LogP contribution in [0.25, 0.3) is 0 Å². The summed E-state index contributed by atoms with van der Waals surface area (Å²) in [6.45, 7) is 0. The van der Waals surface area contributed by atoms with Crippen molar-refractivity contribution in [1.29, 1.82) is 0 Å². The monoisotopic (exact) mass is 286 g/mol. The van der Waals surface area contributed by atoms with E-state index >= 15 is 0 Å². The number of hydrogen-bond acceptors (Lipinski definition) is 1. The predicted molar refractivity (Wildman–Crippen MR) is 66.7 cm³/mol. The van der Waals surface area contributed by atoms with Gasteiger partial charge in [-0.2, -0.15) is 0 Å². The lowest BCUT2D eigenvalue weighted by molar-refractivity contribution is 0.170. The second-order valence-electron chi connectivity index (χ2n) is 4.63. The SMILES string of the molecule is COc1ccc(CC2(CBr)CCC2)cc1F. The molecule has 16 heavy (non-hydrogen) atoms. The summed E-state index contributed by atoms with van der Waals surface area (Å²) in [7, 11) is 1.49. The minimum Gasteiger partial charge on any atom is -0.494 e. The van der Waals surface area contributed by atoms with Gasteiger partial charge in [-0.05, 0) is 42.4 Å². The molecule has 0 aliphatic heterocycles. The largest absolute Gasteiger partial charge is 0.494 e. The maximum absolute atomic E-state index is 13.5. The number of hydrogen-bond donors (Lipinski definition) is 0. The average Bonchev–Trinajstić information content (AvgIpc) is 2.24. The molecule has 1 aromatic carbocycles. The molecule has 0 saturated heterocycles. The van der Waals surface area contributed by atoms with Crippen LogP contribution in [0.5, 0.6) is 5.75 Å². The molecule has 88 valence electrons. The third kappa shape index (κ3) is 2.24. The van der Waals surface area contributed by atoms with Gasteiger partial charge < -0.3 is 4.74 Å². The Morgan fingerprint density at radius 2 is 2.19 bits per heavy atom. The standard InChI is InChI=1S/C13H16BrFO/c1-16-12-4-3-10(7-11(12)15)8-13(9-14)5-2-6-13/h3-4,7H,2,5-6,8-9H2,1H3. The molecule has 1 fully saturated rings. The maximum atomic E-state index is 13.5. The summed E-state index contributed by atoms with van der Waals surface area (Å²) in [5.74, 6) is 0.0642. The second kappa shape index (κ2) is 4.74. The Balaban J connectivity index is 2.13. The van der Waals surface area contributed by atoms with Gasteiger partial charge >= 0.3 is 0 Å². The number of rotatable bonds is 4. The van der Waals surface area contributed by atoms with Crippen molar-refractivity contribution in [2.45, 2.75) is 25.7 Å². The van der Waals surface area contributed by atoms with Gasteiger partial charge in [-0.15, -0.1) is 0 Å². The summed E-state index contributed by atoms with van der Waals surface area (Å²) < 4.78 is 18.4. The Labute approximate surface area is 104 Å². The van der Waals surface area contributed by atoms with E-state index < -0.39 is 0 Å². The summed E-state index contributed by atoms with van der Waals surface area (Å²) in [5.41, 5.74) is 1.43. The molecule has 0 spiro atoms. The molecule has 0 N–H and O–H groups in total. The molecule has 0 radical (unpaired) electrons. The number of halogens is 2. The predicted octanol–water partition coefficient (Wildman–Crippen LogP) is 3.94. The van der Waals surface area contributed by atoms with Crippen molar-refractivity contribution in [1.82, 2.24) is 0 Å².